The number of benzene rings is 2. The quantitative estimate of drug-likeness (QED) is 0.375. The van der Waals surface area contributed by atoms with Gasteiger partial charge in [0.15, 0.2) is 0 Å². The molecule has 0 saturated carbocycles. The Morgan fingerprint density at radius 2 is 1.79 bits per heavy atom. The fraction of sp³-hybridized carbons (Fsp3) is 0.0526. The predicted octanol–water partition coefficient (Wildman–Crippen LogP) is 2.19. The molecule has 1 amide bonds. The number of hydrogen-bond acceptors (Lipinski definition) is 5. The monoisotopic (exact) mass is 416 g/mol. The molecule has 0 spiro atoms. The van der Waals surface area contributed by atoms with Crippen molar-refractivity contribution in [3.8, 4) is 16.9 Å². The average molecular weight is 416 g/mol. The fourth-order valence-corrected chi connectivity index (χ4v) is 3.06. The van der Waals surface area contributed by atoms with Crippen molar-refractivity contribution >= 4 is 22.0 Å². The lowest BCUT2D eigenvalue weighted by molar-refractivity contribution is -0.153. The van der Waals surface area contributed by atoms with Gasteiger partial charge in [-0.3, -0.25) is 10.0 Å². The van der Waals surface area contributed by atoms with Crippen molar-refractivity contribution in [1.82, 2.24) is 14.8 Å². The maximum atomic E-state index is 13.3. The Bertz CT molecular complexity index is 1170. The third kappa shape index (κ3) is 4.74. The SMILES string of the molecule is CN(O)C(=O)/C=C/c1cc(-c2ccc(F)cc2)n(-c2ccc(S(N)(=O)=O)cc2)n1. The number of hydroxylamine groups is 2. The number of nitrogens with zero attached hydrogens (tertiary/aromatic N) is 3. The largest absolute Gasteiger partial charge is 0.286 e. The number of likely N-dealkylation sites (N-methyl/N-ethyl adjacent to an activating group) is 1. The van der Waals surface area contributed by atoms with Crippen molar-refractivity contribution in [2.24, 2.45) is 5.14 Å². The highest BCUT2D eigenvalue weighted by Gasteiger charge is 2.13. The molecular formula is C19H17FN4O4S. The standard InChI is InChI=1S/C19H17FN4O4S/c1-23(26)19(25)11-6-15-12-18(13-2-4-14(20)5-3-13)24(22-15)16-7-9-17(10-8-16)29(21,27)28/h2-12,26H,1H3,(H2,21,27,28)/b11-6+. The van der Waals surface area contributed by atoms with Crippen molar-refractivity contribution in [2.75, 3.05) is 7.05 Å². The van der Waals surface area contributed by atoms with Gasteiger partial charge in [-0.05, 0) is 60.7 Å². The summed E-state index contributed by atoms with van der Waals surface area (Å²) in [4.78, 5) is 11.5. The minimum atomic E-state index is -3.84. The zero-order valence-corrected chi connectivity index (χ0v) is 16.0. The van der Waals surface area contributed by atoms with E-state index >= 15 is 0 Å². The summed E-state index contributed by atoms with van der Waals surface area (Å²) in [6, 6.07) is 13.2. The van der Waals surface area contributed by atoms with Crippen LogP contribution in [-0.4, -0.2) is 41.4 Å². The molecule has 0 radical (unpaired) electrons. The number of hydrogen-bond donors (Lipinski definition) is 2. The van der Waals surface area contributed by atoms with Gasteiger partial charge in [-0.1, -0.05) is 0 Å². The van der Waals surface area contributed by atoms with E-state index < -0.39 is 21.7 Å². The molecule has 2 aromatic carbocycles. The van der Waals surface area contributed by atoms with Crippen molar-refractivity contribution in [3.05, 3.63) is 72.2 Å². The van der Waals surface area contributed by atoms with Gasteiger partial charge in [0, 0.05) is 18.7 Å². The molecule has 0 bridgehead atoms. The third-order valence-electron chi connectivity index (χ3n) is 3.99. The van der Waals surface area contributed by atoms with Crippen molar-refractivity contribution in [2.45, 2.75) is 4.90 Å². The summed E-state index contributed by atoms with van der Waals surface area (Å²) in [5.41, 5.74) is 2.16. The Morgan fingerprint density at radius 1 is 1.17 bits per heavy atom. The maximum Gasteiger partial charge on any atom is 0.269 e. The summed E-state index contributed by atoms with van der Waals surface area (Å²) in [7, 11) is -2.64. The molecule has 3 aromatic rings. The zero-order valence-electron chi connectivity index (χ0n) is 15.2. The third-order valence-corrected chi connectivity index (χ3v) is 4.92. The minimum Gasteiger partial charge on any atom is -0.286 e. The van der Waals surface area contributed by atoms with Gasteiger partial charge in [0.05, 0.1) is 22.0 Å². The molecule has 8 nitrogen and oxygen atoms in total. The smallest absolute Gasteiger partial charge is 0.269 e. The van der Waals surface area contributed by atoms with Gasteiger partial charge in [-0.15, -0.1) is 0 Å². The molecule has 3 N–H and O–H groups in total. The molecule has 0 aliphatic carbocycles. The highest BCUT2D eigenvalue weighted by molar-refractivity contribution is 7.89. The van der Waals surface area contributed by atoms with E-state index in [4.69, 9.17) is 10.3 Å². The van der Waals surface area contributed by atoms with Crippen LogP contribution < -0.4 is 5.14 Å². The van der Waals surface area contributed by atoms with Crippen LogP contribution in [0.15, 0.2) is 65.6 Å². The molecule has 29 heavy (non-hydrogen) atoms. The van der Waals surface area contributed by atoms with Gasteiger partial charge in [0.1, 0.15) is 5.82 Å². The van der Waals surface area contributed by atoms with E-state index in [1.807, 2.05) is 0 Å². The van der Waals surface area contributed by atoms with Crippen LogP contribution in [0.5, 0.6) is 0 Å². The number of carbonyl (C=O) groups is 1. The van der Waals surface area contributed by atoms with Crippen molar-refractivity contribution in [1.29, 1.82) is 0 Å². The van der Waals surface area contributed by atoms with Crippen LogP contribution in [0, 0.1) is 5.82 Å². The first kappa shape index (κ1) is 20.4. The summed E-state index contributed by atoms with van der Waals surface area (Å²) in [5, 5.41) is 19.1. The molecule has 0 unspecified atom stereocenters. The van der Waals surface area contributed by atoms with E-state index in [-0.39, 0.29) is 4.90 Å². The topological polar surface area (TPSA) is 119 Å². The molecule has 0 atom stereocenters. The molecule has 150 valence electrons. The average Bonchev–Trinajstić information content (AvgIpc) is 3.10. The van der Waals surface area contributed by atoms with Crippen LogP contribution in [0.4, 0.5) is 4.39 Å². The van der Waals surface area contributed by atoms with Gasteiger partial charge in [-0.25, -0.2) is 27.7 Å². The summed E-state index contributed by atoms with van der Waals surface area (Å²) in [6.07, 6.45) is 2.56. The molecule has 1 aromatic heterocycles. The van der Waals surface area contributed by atoms with E-state index in [9.17, 15) is 17.6 Å². The summed E-state index contributed by atoms with van der Waals surface area (Å²) in [6.45, 7) is 0. The van der Waals surface area contributed by atoms with Crippen molar-refractivity contribution in [3.63, 3.8) is 0 Å². The van der Waals surface area contributed by atoms with Gasteiger partial charge < -0.3 is 0 Å². The molecule has 3 rings (SSSR count). The normalized spacial score (nSPS) is 11.7. The van der Waals surface area contributed by atoms with Gasteiger partial charge >= 0.3 is 0 Å². The lowest BCUT2D eigenvalue weighted by atomic mass is 10.1. The van der Waals surface area contributed by atoms with Crippen LogP contribution in [0.2, 0.25) is 0 Å². The number of amides is 1. The summed E-state index contributed by atoms with van der Waals surface area (Å²) in [5.74, 6) is -1.03. The first-order valence-corrected chi connectivity index (χ1v) is 9.83. The Morgan fingerprint density at radius 3 is 2.34 bits per heavy atom. The van der Waals surface area contributed by atoms with Crippen molar-refractivity contribution < 1.29 is 22.8 Å². The summed E-state index contributed by atoms with van der Waals surface area (Å²) < 4.78 is 37.8. The molecule has 1 heterocycles. The van der Waals surface area contributed by atoms with Crippen LogP contribution >= 0.6 is 0 Å². The molecule has 0 saturated heterocycles. The Hall–Kier alpha value is -3.34. The Balaban J connectivity index is 2.08. The fourth-order valence-electron chi connectivity index (χ4n) is 2.55. The van der Waals surface area contributed by atoms with Crippen LogP contribution in [0.3, 0.4) is 0 Å². The maximum absolute atomic E-state index is 13.3. The summed E-state index contributed by atoms with van der Waals surface area (Å²) >= 11 is 0. The van der Waals surface area contributed by atoms with Crippen LogP contribution in [0.1, 0.15) is 5.69 Å². The zero-order chi connectivity index (χ0) is 21.2. The first-order valence-electron chi connectivity index (χ1n) is 8.29. The number of nitrogens with two attached hydrogens (primary N) is 1. The van der Waals surface area contributed by atoms with E-state index in [0.29, 0.717) is 27.7 Å². The number of primary sulfonamides is 1. The van der Waals surface area contributed by atoms with Gasteiger partial charge in [0.25, 0.3) is 5.91 Å². The van der Waals surface area contributed by atoms with E-state index in [1.54, 1.807) is 18.2 Å². The van der Waals surface area contributed by atoms with Gasteiger partial charge in [-0.2, -0.15) is 5.10 Å². The molecular weight excluding hydrogens is 399 g/mol. The highest BCUT2D eigenvalue weighted by atomic mass is 32.2. The Labute approximate surface area is 166 Å². The van der Waals surface area contributed by atoms with Crippen LogP contribution in [0.25, 0.3) is 23.0 Å². The van der Waals surface area contributed by atoms with E-state index in [0.717, 1.165) is 6.08 Å². The van der Waals surface area contributed by atoms with E-state index in [1.165, 1.54) is 54.2 Å². The molecule has 0 aliphatic rings. The number of sulfonamides is 1. The number of halogens is 1. The second kappa shape index (κ2) is 7.95. The highest BCUT2D eigenvalue weighted by Crippen LogP contribution is 2.25. The number of aromatic nitrogens is 2. The predicted molar refractivity (Wildman–Crippen MR) is 104 cm³/mol. The second-order valence-corrected chi connectivity index (χ2v) is 7.67. The lowest BCUT2D eigenvalue weighted by Crippen LogP contribution is -2.19. The number of carbonyl (C=O) groups excluding carboxylic acids is 1. The Kier molecular flexibility index (Phi) is 5.59. The molecule has 0 aliphatic heterocycles. The first-order chi connectivity index (χ1) is 13.6. The van der Waals surface area contributed by atoms with Gasteiger partial charge in [0.2, 0.25) is 10.0 Å². The van der Waals surface area contributed by atoms with E-state index in [2.05, 4.69) is 5.10 Å². The van der Waals surface area contributed by atoms with Crippen LogP contribution in [-0.2, 0) is 14.8 Å². The molecule has 0 fully saturated rings. The lowest BCUT2D eigenvalue weighted by Gasteiger charge is -2.08. The number of rotatable bonds is 5. The minimum absolute atomic E-state index is 0.0477. The second-order valence-electron chi connectivity index (χ2n) is 6.11. The molecule has 10 heteroatoms.